The van der Waals surface area contributed by atoms with Gasteiger partial charge in [0, 0.05) is 0 Å². The van der Waals surface area contributed by atoms with Crippen LogP contribution in [-0.2, 0) is 0 Å². The average molecular weight is 288 g/mol. The van der Waals surface area contributed by atoms with Crippen molar-refractivity contribution in [2.24, 2.45) is 0 Å². The minimum absolute atomic E-state index is 0.499. The number of aliphatic hydroxyl groups excluding tert-OH is 1. The fourth-order valence-electron chi connectivity index (χ4n) is 2.13. The smallest absolute Gasteiger partial charge is 0.314 e. The van der Waals surface area contributed by atoms with Crippen molar-refractivity contribution in [3.8, 4) is 0 Å². The molecule has 3 aromatic rings. The molecule has 3 rings (SSSR count). The van der Waals surface area contributed by atoms with E-state index in [0.29, 0.717) is 16.6 Å². The minimum atomic E-state index is -0.749. The highest BCUT2D eigenvalue weighted by Gasteiger charge is 2.14. The minimum Gasteiger partial charge on any atom is -0.384 e. The van der Waals surface area contributed by atoms with Gasteiger partial charge in [-0.25, -0.2) is 0 Å². The molecular formula is C14H12N2O3S. The van der Waals surface area contributed by atoms with Crippen LogP contribution in [0.5, 0.6) is 0 Å². The molecule has 2 heterocycles. The zero-order valence-electron chi connectivity index (χ0n) is 10.6. The number of benzene rings is 1. The van der Waals surface area contributed by atoms with Gasteiger partial charge in [0.15, 0.2) is 0 Å². The van der Waals surface area contributed by atoms with Crippen molar-refractivity contribution in [1.82, 2.24) is 9.97 Å². The van der Waals surface area contributed by atoms with Crippen LogP contribution in [0, 0.1) is 6.92 Å². The summed E-state index contributed by atoms with van der Waals surface area (Å²) in [5, 5.41) is 14.3. The van der Waals surface area contributed by atoms with Crippen molar-refractivity contribution in [3.63, 3.8) is 0 Å². The molecule has 1 unspecified atom stereocenters. The Morgan fingerprint density at radius 1 is 1.10 bits per heavy atom. The molecule has 0 fully saturated rings. The lowest BCUT2D eigenvalue weighted by Crippen LogP contribution is -2.28. The predicted octanol–water partition coefficient (Wildman–Crippen LogP) is 1.67. The summed E-state index contributed by atoms with van der Waals surface area (Å²) < 4.78 is 0. The number of thiophene rings is 1. The Bertz CT molecular complexity index is 891. The van der Waals surface area contributed by atoms with Crippen LogP contribution in [0.1, 0.15) is 22.8 Å². The molecule has 0 aliphatic rings. The Labute approximate surface area is 117 Å². The lowest BCUT2D eigenvalue weighted by molar-refractivity contribution is 0.220. The number of aromatic amines is 2. The molecule has 5 nitrogen and oxygen atoms in total. The van der Waals surface area contributed by atoms with E-state index in [-0.39, 0.29) is 0 Å². The summed E-state index contributed by atoms with van der Waals surface area (Å²) in [6, 6.07) is 5.08. The van der Waals surface area contributed by atoms with Gasteiger partial charge in [0.2, 0.25) is 0 Å². The number of aromatic nitrogens is 2. The van der Waals surface area contributed by atoms with Gasteiger partial charge in [0.1, 0.15) is 6.10 Å². The quantitative estimate of drug-likeness (QED) is 0.627. The van der Waals surface area contributed by atoms with Gasteiger partial charge in [0.25, 0.3) is 0 Å². The average Bonchev–Trinajstić information content (AvgIpc) is 2.85. The molecule has 0 radical (unpaired) electrons. The molecular weight excluding hydrogens is 276 g/mol. The predicted molar refractivity (Wildman–Crippen MR) is 78.3 cm³/mol. The SMILES string of the molecule is Cc1cscc1C(O)c1ccc2[nH]c(=O)c(=O)[nH]c2c1. The van der Waals surface area contributed by atoms with Gasteiger partial charge in [-0.1, -0.05) is 6.07 Å². The highest BCUT2D eigenvalue weighted by atomic mass is 32.1. The van der Waals surface area contributed by atoms with Crippen LogP contribution >= 0.6 is 11.3 Å². The van der Waals surface area contributed by atoms with Gasteiger partial charge in [-0.2, -0.15) is 11.3 Å². The van der Waals surface area contributed by atoms with E-state index in [1.54, 1.807) is 18.2 Å². The summed E-state index contributed by atoms with van der Waals surface area (Å²) in [5.74, 6) is 0. The summed E-state index contributed by atoms with van der Waals surface area (Å²) >= 11 is 1.53. The zero-order chi connectivity index (χ0) is 14.3. The third-order valence-electron chi connectivity index (χ3n) is 3.25. The molecule has 20 heavy (non-hydrogen) atoms. The lowest BCUT2D eigenvalue weighted by atomic mass is 10.0. The Morgan fingerprint density at radius 3 is 2.45 bits per heavy atom. The zero-order valence-corrected chi connectivity index (χ0v) is 11.5. The Kier molecular flexibility index (Phi) is 3.04. The van der Waals surface area contributed by atoms with Crippen LogP contribution < -0.4 is 11.1 Å². The van der Waals surface area contributed by atoms with E-state index in [1.165, 1.54) is 11.3 Å². The van der Waals surface area contributed by atoms with Crippen molar-refractivity contribution in [3.05, 3.63) is 66.4 Å². The fraction of sp³-hybridized carbons (Fsp3) is 0.143. The molecule has 0 saturated heterocycles. The molecule has 2 aromatic heterocycles. The molecule has 0 spiro atoms. The molecule has 6 heteroatoms. The largest absolute Gasteiger partial charge is 0.384 e. The molecule has 0 aliphatic heterocycles. The van der Waals surface area contributed by atoms with E-state index in [1.807, 2.05) is 17.7 Å². The third kappa shape index (κ3) is 2.09. The molecule has 1 aromatic carbocycles. The number of hydrogen-bond acceptors (Lipinski definition) is 4. The molecule has 3 N–H and O–H groups in total. The van der Waals surface area contributed by atoms with Gasteiger partial charge in [-0.05, 0) is 46.5 Å². The van der Waals surface area contributed by atoms with Crippen LogP contribution in [0.25, 0.3) is 11.0 Å². The second-order valence-corrected chi connectivity index (χ2v) is 5.37. The lowest BCUT2D eigenvalue weighted by Gasteiger charge is -2.11. The number of aliphatic hydroxyl groups is 1. The first kappa shape index (κ1) is 12.8. The third-order valence-corrected chi connectivity index (χ3v) is 4.13. The Hall–Kier alpha value is -2.18. The first-order chi connectivity index (χ1) is 9.56. The topological polar surface area (TPSA) is 85.9 Å². The van der Waals surface area contributed by atoms with Gasteiger partial charge in [0.05, 0.1) is 11.0 Å². The number of nitrogens with one attached hydrogen (secondary N) is 2. The first-order valence-corrected chi connectivity index (χ1v) is 6.97. The highest BCUT2D eigenvalue weighted by Crippen LogP contribution is 2.28. The number of hydrogen-bond donors (Lipinski definition) is 3. The molecule has 0 amide bonds. The van der Waals surface area contributed by atoms with Crippen LogP contribution in [0.4, 0.5) is 0 Å². The van der Waals surface area contributed by atoms with Crippen LogP contribution in [0.3, 0.4) is 0 Å². The van der Waals surface area contributed by atoms with Gasteiger partial charge < -0.3 is 15.1 Å². The van der Waals surface area contributed by atoms with Gasteiger partial charge >= 0.3 is 11.1 Å². The van der Waals surface area contributed by atoms with Crippen molar-refractivity contribution in [2.75, 3.05) is 0 Å². The number of aryl methyl sites for hydroxylation is 1. The monoisotopic (exact) mass is 288 g/mol. The number of rotatable bonds is 2. The molecule has 0 bridgehead atoms. The Morgan fingerprint density at radius 2 is 1.80 bits per heavy atom. The van der Waals surface area contributed by atoms with Crippen LogP contribution in [0.2, 0.25) is 0 Å². The maximum absolute atomic E-state index is 11.3. The van der Waals surface area contributed by atoms with Gasteiger partial charge in [-0.15, -0.1) is 0 Å². The first-order valence-electron chi connectivity index (χ1n) is 6.03. The molecule has 1 atom stereocenters. The van der Waals surface area contributed by atoms with Crippen LogP contribution in [0.15, 0.2) is 38.5 Å². The van der Waals surface area contributed by atoms with E-state index >= 15 is 0 Å². The fourth-order valence-corrected chi connectivity index (χ4v) is 3.00. The number of fused-ring (bicyclic) bond motifs is 1. The summed E-state index contributed by atoms with van der Waals surface area (Å²) in [6.45, 7) is 1.94. The standard InChI is InChI=1S/C14H12N2O3S/c1-7-5-20-6-9(7)12(17)8-2-3-10-11(4-8)16-14(19)13(18)15-10/h2-6,12,17H,1H3,(H,15,18)(H,16,19). The summed E-state index contributed by atoms with van der Waals surface area (Å²) in [4.78, 5) is 27.6. The van der Waals surface area contributed by atoms with E-state index in [2.05, 4.69) is 9.97 Å². The van der Waals surface area contributed by atoms with E-state index in [0.717, 1.165) is 11.1 Å². The van der Waals surface area contributed by atoms with Crippen molar-refractivity contribution in [1.29, 1.82) is 0 Å². The summed E-state index contributed by atoms with van der Waals surface area (Å²) in [5.41, 5.74) is 2.20. The Balaban J connectivity index is 2.14. The van der Waals surface area contributed by atoms with Crippen LogP contribution in [-0.4, -0.2) is 15.1 Å². The van der Waals surface area contributed by atoms with Crippen molar-refractivity contribution < 1.29 is 5.11 Å². The van der Waals surface area contributed by atoms with E-state index in [9.17, 15) is 14.7 Å². The van der Waals surface area contributed by atoms with Crippen molar-refractivity contribution in [2.45, 2.75) is 13.0 Å². The number of H-pyrrole nitrogens is 2. The second kappa shape index (κ2) is 4.73. The van der Waals surface area contributed by atoms with E-state index in [4.69, 9.17) is 0 Å². The summed E-state index contributed by atoms with van der Waals surface area (Å²) in [6.07, 6.45) is -0.749. The second-order valence-electron chi connectivity index (χ2n) is 4.63. The maximum Gasteiger partial charge on any atom is 0.314 e. The van der Waals surface area contributed by atoms with Crippen molar-refractivity contribution >= 4 is 22.4 Å². The van der Waals surface area contributed by atoms with E-state index < -0.39 is 17.2 Å². The maximum atomic E-state index is 11.3. The highest BCUT2D eigenvalue weighted by molar-refractivity contribution is 7.08. The molecule has 0 aliphatic carbocycles. The molecule has 0 saturated carbocycles. The van der Waals surface area contributed by atoms with Gasteiger partial charge in [-0.3, -0.25) is 9.59 Å². The normalized spacial score (nSPS) is 12.7. The summed E-state index contributed by atoms with van der Waals surface area (Å²) in [7, 11) is 0. The molecule has 102 valence electrons.